The largest absolute Gasteiger partial charge is 0.453 e. The Morgan fingerprint density at radius 2 is 2.04 bits per heavy atom. The van der Waals surface area contributed by atoms with Gasteiger partial charge in [-0.3, -0.25) is 19.2 Å². The summed E-state index contributed by atoms with van der Waals surface area (Å²) in [6.07, 6.45) is 2.42. The maximum atomic E-state index is 12.3. The Bertz CT molecular complexity index is 1060. The number of carbonyl (C=O) groups is 2. The van der Waals surface area contributed by atoms with Crippen molar-refractivity contribution < 1.29 is 27.7 Å². The molecule has 0 unspecified atom stereocenters. The lowest BCUT2D eigenvalue weighted by Crippen LogP contribution is -2.34. The number of carbonyl (C=O) groups excluding carboxylic acids is 2. The van der Waals surface area contributed by atoms with Gasteiger partial charge in [-0.05, 0) is 42.7 Å². The van der Waals surface area contributed by atoms with Gasteiger partial charge in [0.1, 0.15) is 4.88 Å². The second kappa shape index (κ2) is 7.68. The first-order valence-electron chi connectivity index (χ1n) is 8.22. The third kappa shape index (κ3) is 4.20. The van der Waals surface area contributed by atoms with Crippen LogP contribution in [0.4, 0.5) is 10.7 Å². The number of rotatable bonds is 6. The number of thiophene rings is 1. The number of nitro groups is 1. The number of sulfonamides is 1. The van der Waals surface area contributed by atoms with Crippen molar-refractivity contribution >= 4 is 43.8 Å². The zero-order valence-electron chi connectivity index (χ0n) is 14.8. The van der Waals surface area contributed by atoms with Crippen LogP contribution in [0.15, 0.2) is 30.3 Å². The number of hydrogen-bond donors (Lipinski definition) is 0. The molecule has 0 spiro atoms. The predicted octanol–water partition coefficient (Wildman–Crippen LogP) is 2.41. The summed E-state index contributed by atoms with van der Waals surface area (Å²) in [6, 6.07) is 7.15. The molecule has 0 saturated heterocycles. The lowest BCUT2D eigenvalue weighted by molar-refractivity contribution is -0.380. The third-order valence-electron chi connectivity index (χ3n) is 4.19. The van der Waals surface area contributed by atoms with Crippen LogP contribution in [0, 0.1) is 10.1 Å². The fraction of sp³-hybridized carbons (Fsp3) is 0.294. The summed E-state index contributed by atoms with van der Waals surface area (Å²) in [7, 11) is -3.40. The number of esters is 1. The lowest BCUT2D eigenvalue weighted by Gasteiger charge is -2.29. The molecule has 11 heteroatoms. The molecule has 0 atom stereocenters. The molecule has 0 amide bonds. The van der Waals surface area contributed by atoms with E-state index >= 15 is 0 Å². The maximum absolute atomic E-state index is 12.3. The van der Waals surface area contributed by atoms with Gasteiger partial charge in [-0.15, -0.1) is 0 Å². The summed E-state index contributed by atoms with van der Waals surface area (Å²) >= 11 is 0.670. The van der Waals surface area contributed by atoms with Crippen LogP contribution in [0.2, 0.25) is 0 Å². The molecule has 148 valence electrons. The van der Waals surface area contributed by atoms with Gasteiger partial charge >= 0.3 is 11.0 Å². The predicted molar refractivity (Wildman–Crippen MR) is 103 cm³/mol. The smallest absolute Gasteiger partial charge is 0.349 e. The highest BCUT2D eigenvalue weighted by atomic mass is 32.2. The minimum atomic E-state index is -3.40. The van der Waals surface area contributed by atoms with Crippen LogP contribution in [0.5, 0.6) is 0 Å². The summed E-state index contributed by atoms with van der Waals surface area (Å²) in [5.74, 6) is -1.26. The van der Waals surface area contributed by atoms with E-state index in [4.69, 9.17) is 4.74 Å². The van der Waals surface area contributed by atoms with Crippen LogP contribution in [-0.2, 0) is 21.2 Å². The Morgan fingerprint density at radius 3 is 2.68 bits per heavy atom. The average molecular weight is 424 g/mol. The van der Waals surface area contributed by atoms with Gasteiger partial charge in [0, 0.05) is 18.2 Å². The maximum Gasteiger partial charge on any atom is 0.349 e. The molecule has 0 N–H and O–H groups in total. The van der Waals surface area contributed by atoms with Crippen LogP contribution < -0.4 is 4.31 Å². The van der Waals surface area contributed by atoms with Crippen molar-refractivity contribution in [1.29, 1.82) is 0 Å². The van der Waals surface area contributed by atoms with Crippen LogP contribution in [0.25, 0.3) is 0 Å². The Morgan fingerprint density at radius 1 is 1.29 bits per heavy atom. The van der Waals surface area contributed by atoms with Crippen LogP contribution >= 0.6 is 11.3 Å². The van der Waals surface area contributed by atoms with Gasteiger partial charge in [-0.1, -0.05) is 11.3 Å². The van der Waals surface area contributed by atoms with Gasteiger partial charge in [0.15, 0.2) is 12.4 Å². The topological polar surface area (TPSA) is 124 Å². The minimum absolute atomic E-state index is 0.0359. The number of anilines is 1. The average Bonchev–Trinajstić information content (AvgIpc) is 3.14. The highest BCUT2D eigenvalue weighted by molar-refractivity contribution is 7.92. The van der Waals surface area contributed by atoms with Gasteiger partial charge in [-0.25, -0.2) is 13.2 Å². The van der Waals surface area contributed by atoms with E-state index < -0.39 is 33.3 Å². The first-order chi connectivity index (χ1) is 13.2. The quantitative estimate of drug-likeness (QED) is 0.302. The molecule has 2 heterocycles. The number of nitrogens with zero attached hydrogens (tertiary/aromatic N) is 2. The molecular formula is C17H16N2O7S2. The molecule has 0 aliphatic carbocycles. The zero-order chi connectivity index (χ0) is 20.5. The Kier molecular flexibility index (Phi) is 5.47. The van der Waals surface area contributed by atoms with E-state index in [-0.39, 0.29) is 9.88 Å². The number of Topliss-reactive ketones (excluding diaryl/α,β-unsaturated/α-hetero) is 1. The first-order valence-corrected chi connectivity index (χ1v) is 10.9. The molecule has 1 aliphatic heterocycles. The van der Waals surface area contributed by atoms with Crippen molar-refractivity contribution in [2.75, 3.05) is 23.7 Å². The number of hydrogen-bond acceptors (Lipinski definition) is 8. The minimum Gasteiger partial charge on any atom is -0.453 e. The van der Waals surface area contributed by atoms with E-state index in [9.17, 15) is 28.1 Å². The van der Waals surface area contributed by atoms with Crippen molar-refractivity contribution in [3.05, 3.63) is 56.5 Å². The van der Waals surface area contributed by atoms with E-state index in [0.29, 0.717) is 42.0 Å². The Labute approximate surface area is 164 Å². The number of aryl methyl sites for hydroxylation is 1. The van der Waals surface area contributed by atoms with E-state index in [1.165, 1.54) is 22.5 Å². The van der Waals surface area contributed by atoms with Crippen LogP contribution in [-0.4, -0.2) is 44.5 Å². The summed E-state index contributed by atoms with van der Waals surface area (Å²) in [6.45, 7) is -0.122. The van der Waals surface area contributed by atoms with E-state index in [0.717, 1.165) is 11.8 Å². The molecule has 1 aromatic carbocycles. The van der Waals surface area contributed by atoms with E-state index in [2.05, 4.69) is 0 Å². The Hall–Kier alpha value is -2.79. The van der Waals surface area contributed by atoms with Crippen molar-refractivity contribution in [2.45, 2.75) is 12.8 Å². The second-order valence-electron chi connectivity index (χ2n) is 6.18. The third-order valence-corrected chi connectivity index (χ3v) is 6.38. The normalized spacial score (nSPS) is 13.7. The van der Waals surface area contributed by atoms with Crippen LogP contribution in [0.3, 0.4) is 0 Å². The van der Waals surface area contributed by atoms with Crippen molar-refractivity contribution in [3.8, 4) is 0 Å². The fourth-order valence-electron chi connectivity index (χ4n) is 2.90. The van der Waals surface area contributed by atoms with E-state index in [1.807, 2.05) is 0 Å². The Balaban J connectivity index is 1.69. The molecule has 0 saturated carbocycles. The molecule has 3 rings (SSSR count). The van der Waals surface area contributed by atoms with E-state index in [1.54, 1.807) is 12.1 Å². The number of fused-ring (bicyclic) bond motifs is 1. The van der Waals surface area contributed by atoms with Crippen molar-refractivity contribution in [2.24, 2.45) is 0 Å². The summed E-state index contributed by atoms with van der Waals surface area (Å²) in [5.41, 5.74) is 1.59. The van der Waals surface area contributed by atoms with Gasteiger partial charge in [0.25, 0.3) is 0 Å². The zero-order valence-corrected chi connectivity index (χ0v) is 16.4. The number of ether oxygens (including phenoxy) is 1. The molecule has 0 radical (unpaired) electrons. The summed E-state index contributed by atoms with van der Waals surface area (Å²) in [4.78, 5) is 34.4. The number of ketones is 1. The molecule has 0 bridgehead atoms. The molecule has 9 nitrogen and oxygen atoms in total. The van der Waals surface area contributed by atoms with Crippen molar-refractivity contribution in [1.82, 2.24) is 0 Å². The SMILES string of the molecule is CS(=O)(=O)N1CCCc2cc(C(=O)COC(=O)c3ccc([N+](=O)[O-])s3)ccc21. The first kappa shape index (κ1) is 20.0. The summed E-state index contributed by atoms with van der Waals surface area (Å²) in [5, 5.41) is 10.5. The molecule has 1 aromatic heterocycles. The van der Waals surface area contributed by atoms with Gasteiger partial charge in [-0.2, -0.15) is 0 Å². The summed E-state index contributed by atoms with van der Waals surface area (Å²) < 4.78 is 30.0. The fourth-order valence-corrected chi connectivity index (χ4v) is 4.61. The van der Waals surface area contributed by atoms with Crippen LogP contribution in [0.1, 0.15) is 32.0 Å². The lowest BCUT2D eigenvalue weighted by atomic mass is 9.99. The molecule has 2 aromatic rings. The second-order valence-corrected chi connectivity index (χ2v) is 9.15. The molecule has 28 heavy (non-hydrogen) atoms. The molecular weight excluding hydrogens is 408 g/mol. The monoisotopic (exact) mass is 424 g/mol. The highest BCUT2D eigenvalue weighted by Crippen LogP contribution is 2.30. The standard InChI is InChI=1S/C17H16N2O7S2/c1-28(24,25)18-8-2-3-11-9-12(4-5-13(11)18)14(20)10-26-17(21)15-6-7-16(27-15)19(22)23/h4-7,9H,2-3,8,10H2,1H3. The van der Waals surface area contributed by atoms with Gasteiger partial charge in [0.2, 0.25) is 10.0 Å². The van der Waals surface area contributed by atoms with Gasteiger partial charge in [0.05, 0.1) is 16.9 Å². The van der Waals surface area contributed by atoms with Gasteiger partial charge < -0.3 is 4.74 Å². The van der Waals surface area contributed by atoms with Crippen molar-refractivity contribution in [3.63, 3.8) is 0 Å². The number of benzene rings is 1. The molecule has 0 fully saturated rings. The highest BCUT2D eigenvalue weighted by Gasteiger charge is 2.25. The molecule has 1 aliphatic rings.